The molecular formula is C15H29N3O. The van der Waals surface area contributed by atoms with Gasteiger partial charge in [0.15, 0.2) is 0 Å². The van der Waals surface area contributed by atoms with Crippen LogP contribution in [0.15, 0.2) is 0 Å². The highest BCUT2D eigenvalue weighted by atomic mass is 16.2. The number of hydrogen-bond acceptors (Lipinski definition) is 2. The standard InChI is InChI=1S/C15H29N3O/c16-13-15(9-5-1-2-6-10-15)17-14(19)18-11-7-3-4-8-12-18/h1-13,16H2,(H,17,19). The van der Waals surface area contributed by atoms with Gasteiger partial charge in [0.1, 0.15) is 0 Å². The molecule has 110 valence electrons. The van der Waals surface area contributed by atoms with Gasteiger partial charge >= 0.3 is 6.03 Å². The Morgan fingerprint density at radius 3 is 2.00 bits per heavy atom. The molecule has 2 rings (SSSR count). The third-order valence-electron chi connectivity index (χ3n) is 4.72. The fraction of sp³-hybridized carbons (Fsp3) is 0.933. The highest BCUT2D eigenvalue weighted by Gasteiger charge is 2.32. The Hall–Kier alpha value is -0.770. The zero-order valence-corrected chi connectivity index (χ0v) is 12.1. The predicted molar refractivity (Wildman–Crippen MR) is 78.1 cm³/mol. The van der Waals surface area contributed by atoms with Gasteiger partial charge in [-0.2, -0.15) is 0 Å². The van der Waals surface area contributed by atoms with E-state index >= 15 is 0 Å². The summed E-state index contributed by atoms with van der Waals surface area (Å²) in [4.78, 5) is 14.5. The summed E-state index contributed by atoms with van der Waals surface area (Å²) in [7, 11) is 0. The van der Waals surface area contributed by atoms with Crippen LogP contribution >= 0.6 is 0 Å². The second-order valence-electron chi connectivity index (χ2n) is 6.23. The lowest BCUT2D eigenvalue weighted by molar-refractivity contribution is 0.179. The van der Waals surface area contributed by atoms with Crippen molar-refractivity contribution in [3.63, 3.8) is 0 Å². The first-order valence-electron chi connectivity index (χ1n) is 8.03. The van der Waals surface area contributed by atoms with Crippen LogP contribution < -0.4 is 11.1 Å². The Bertz CT molecular complexity index is 277. The third-order valence-corrected chi connectivity index (χ3v) is 4.72. The van der Waals surface area contributed by atoms with Crippen molar-refractivity contribution in [2.24, 2.45) is 5.73 Å². The number of nitrogens with two attached hydrogens (primary N) is 1. The molecular weight excluding hydrogens is 238 g/mol. The number of carbonyl (C=O) groups is 1. The summed E-state index contributed by atoms with van der Waals surface area (Å²) in [5.41, 5.74) is 5.84. The Morgan fingerprint density at radius 1 is 0.947 bits per heavy atom. The molecule has 0 atom stereocenters. The summed E-state index contributed by atoms with van der Waals surface area (Å²) in [6, 6.07) is 0.120. The fourth-order valence-corrected chi connectivity index (χ4v) is 3.37. The molecule has 0 unspecified atom stereocenters. The molecule has 0 radical (unpaired) electrons. The van der Waals surface area contributed by atoms with Crippen LogP contribution in [0.5, 0.6) is 0 Å². The highest BCUT2D eigenvalue weighted by molar-refractivity contribution is 5.75. The molecule has 2 amide bonds. The first-order chi connectivity index (χ1) is 9.26. The van der Waals surface area contributed by atoms with Crippen LogP contribution in [0, 0.1) is 0 Å². The van der Waals surface area contributed by atoms with Gasteiger partial charge in [0.25, 0.3) is 0 Å². The molecule has 1 heterocycles. The number of amides is 2. The Morgan fingerprint density at radius 2 is 1.47 bits per heavy atom. The van der Waals surface area contributed by atoms with Crippen molar-refractivity contribution in [1.82, 2.24) is 10.2 Å². The number of carbonyl (C=O) groups excluding carboxylic acids is 1. The number of nitrogens with zero attached hydrogens (tertiary/aromatic N) is 1. The van der Waals surface area contributed by atoms with Gasteiger partial charge in [0.2, 0.25) is 0 Å². The number of likely N-dealkylation sites (tertiary alicyclic amines) is 1. The minimum atomic E-state index is -0.139. The van der Waals surface area contributed by atoms with Gasteiger partial charge in [0.05, 0.1) is 5.54 Å². The van der Waals surface area contributed by atoms with Crippen LogP contribution in [0.1, 0.15) is 64.2 Å². The van der Waals surface area contributed by atoms with Crippen molar-refractivity contribution in [3.8, 4) is 0 Å². The average molecular weight is 267 g/mol. The van der Waals surface area contributed by atoms with Gasteiger partial charge < -0.3 is 16.0 Å². The van der Waals surface area contributed by atoms with E-state index in [-0.39, 0.29) is 11.6 Å². The van der Waals surface area contributed by atoms with Gasteiger partial charge in [0, 0.05) is 19.6 Å². The number of rotatable bonds is 2. The molecule has 19 heavy (non-hydrogen) atoms. The molecule has 1 aliphatic carbocycles. The molecule has 0 bridgehead atoms. The molecule has 0 spiro atoms. The normalized spacial score (nSPS) is 24.4. The Labute approximate surface area is 117 Å². The largest absolute Gasteiger partial charge is 0.331 e. The maximum atomic E-state index is 12.5. The molecule has 1 aliphatic heterocycles. The van der Waals surface area contributed by atoms with Gasteiger partial charge in [-0.15, -0.1) is 0 Å². The van der Waals surface area contributed by atoms with Gasteiger partial charge in [-0.3, -0.25) is 0 Å². The van der Waals surface area contributed by atoms with E-state index in [0.717, 1.165) is 38.8 Å². The number of nitrogens with one attached hydrogen (secondary N) is 1. The quantitative estimate of drug-likeness (QED) is 0.756. The maximum absolute atomic E-state index is 12.5. The van der Waals surface area contributed by atoms with E-state index in [2.05, 4.69) is 5.32 Å². The summed E-state index contributed by atoms with van der Waals surface area (Å²) in [6.45, 7) is 2.39. The summed E-state index contributed by atoms with van der Waals surface area (Å²) >= 11 is 0. The molecule has 1 saturated carbocycles. The molecule has 0 aromatic carbocycles. The number of urea groups is 1. The zero-order valence-electron chi connectivity index (χ0n) is 12.1. The first-order valence-corrected chi connectivity index (χ1v) is 8.03. The average Bonchev–Trinajstić information content (AvgIpc) is 2.81. The zero-order chi connectivity index (χ0) is 13.6. The van der Waals surface area contributed by atoms with E-state index in [1.807, 2.05) is 4.90 Å². The minimum Gasteiger partial charge on any atom is -0.331 e. The summed E-state index contributed by atoms with van der Waals surface area (Å²) in [5, 5.41) is 3.28. The van der Waals surface area contributed by atoms with Gasteiger partial charge in [-0.1, -0.05) is 38.5 Å². The van der Waals surface area contributed by atoms with Gasteiger partial charge in [-0.25, -0.2) is 4.79 Å². The van der Waals surface area contributed by atoms with E-state index < -0.39 is 0 Å². The first kappa shape index (κ1) is 14.6. The van der Waals surface area contributed by atoms with Crippen LogP contribution in [0.4, 0.5) is 4.79 Å². The van der Waals surface area contributed by atoms with Crippen molar-refractivity contribution in [3.05, 3.63) is 0 Å². The van der Waals surface area contributed by atoms with Crippen LogP contribution in [0.25, 0.3) is 0 Å². The van der Waals surface area contributed by atoms with Crippen molar-refractivity contribution in [1.29, 1.82) is 0 Å². The molecule has 1 saturated heterocycles. The summed E-state index contributed by atoms with van der Waals surface area (Å²) < 4.78 is 0. The molecule has 4 heteroatoms. The SMILES string of the molecule is NCC1(NC(=O)N2CCCCCC2)CCCCCC1. The van der Waals surface area contributed by atoms with Gasteiger partial charge in [-0.05, 0) is 25.7 Å². The second kappa shape index (κ2) is 7.13. The van der Waals surface area contributed by atoms with Crippen LogP contribution in [-0.4, -0.2) is 36.1 Å². The summed E-state index contributed by atoms with van der Waals surface area (Å²) in [5.74, 6) is 0. The lowest BCUT2D eigenvalue weighted by atomic mass is 9.90. The van der Waals surface area contributed by atoms with Crippen LogP contribution in [0.3, 0.4) is 0 Å². The summed E-state index contributed by atoms with van der Waals surface area (Å²) in [6.07, 6.45) is 11.8. The molecule has 3 N–H and O–H groups in total. The lowest BCUT2D eigenvalue weighted by Crippen LogP contribution is -2.57. The molecule has 4 nitrogen and oxygen atoms in total. The van der Waals surface area contributed by atoms with Crippen LogP contribution in [-0.2, 0) is 0 Å². The maximum Gasteiger partial charge on any atom is 0.317 e. The van der Waals surface area contributed by atoms with Crippen LogP contribution in [0.2, 0.25) is 0 Å². The molecule has 0 aromatic rings. The highest BCUT2D eigenvalue weighted by Crippen LogP contribution is 2.26. The van der Waals surface area contributed by atoms with E-state index in [9.17, 15) is 4.79 Å². The van der Waals surface area contributed by atoms with Crippen molar-refractivity contribution in [2.45, 2.75) is 69.7 Å². The lowest BCUT2D eigenvalue weighted by Gasteiger charge is -2.35. The molecule has 2 aliphatic rings. The third kappa shape index (κ3) is 4.10. The second-order valence-corrected chi connectivity index (χ2v) is 6.23. The fourth-order valence-electron chi connectivity index (χ4n) is 3.37. The number of hydrogen-bond donors (Lipinski definition) is 2. The monoisotopic (exact) mass is 267 g/mol. The Balaban J connectivity index is 1.93. The van der Waals surface area contributed by atoms with E-state index in [1.54, 1.807) is 0 Å². The van der Waals surface area contributed by atoms with Crippen molar-refractivity contribution in [2.75, 3.05) is 19.6 Å². The predicted octanol–water partition coefficient (Wildman–Crippen LogP) is 2.62. The van der Waals surface area contributed by atoms with Crippen molar-refractivity contribution >= 4 is 6.03 Å². The minimum absolute atomic E-state index is 0.120. The molecule has 0 aromatic heterocycles. The van der Waals surface area contributed by atoms with E-state index in [1.165, 1.54) is 38.5 Å². The molecule has 2 fully saturated rings. The van der Waals surface area contributed by atoms with Crippen molar-refractivity contribution < 1.29 is 4.79 Å². The van der Waals surface area contributed by atoms with E-state index in [4.69, 9.17) is 5.73 Å². The Kier molecular flexibility index (Phi) is 5.49. The topological polar surface area (TPSA) is 58.4 Å². The smallest absolute Gasteiger partial charge is 0.317 e. The van der Waals surface area contributed by atoms with E-state index in [0.29, 0.717) is 6.54 Å².